The molecule has 1 rings (SSSR count). The summed E-state index contributed by atoms with van der Waals surface area (Å²) in [7, 11) is 1.42. The summed E-state index contributed by atoms with van der Waals surface area (Å²) >= 11 is 0. The largest absolute Gasteiger partial charge is 0.486 e. The maximum Gasteiger partial charge on any atom is 0.272 e. The van der Waals surface area contributed by atoms with Crippen LogP contribution in [0.4, 0.5) is 14.5 Å². The van der Waals surface area contributed by atoms with E-state index in [-0.39, 0.29) is 17.3 Å². The first-order valence-corrected chi connectivity index (χ1v) is 3.84. The molecule has 0 saturated heterocycles. The van der Waals surface area contributed by atoms with Gasteiger partial charge in [-0.3, -0.25) is 0 Å². The first kappa shape index (κ1) is 10.5. The third-order valence-electron chi connectivity index (χ3n) is 1.42. The summed E-state index contributed by atoms with van der Waals surface area (Å²) in [6.45, 7) is -0.673. The number of halogens is 2. The lowest BCUT2D eigenvalue weighted by Crippen LogP contribution is -2.07. The molecule has 4 nitrogen and oxygen atoms in total. The summed E-state index contributed by atoms with van der Waals surface area (Å²) in [5.41, 5.74) is 5.73. The van der Waals surface area contributed by atoms with Crippen LogP contribution in [0.2, 0.25) is 0 Å². The zero-order chi connectivity index (χ0) is 10.6. The van der Waals surface area contributed by atoms with Gasteiger partial charge in [0.15, 0.2) is 0 Å². The van der Waals surface area contributed by atoms with Crippen molar-refractivity contribution in [2.45, 2.75) is 6.43 Å². The standard InChI is InChI=1S/C8H10F2N2O2/c1-13-8-6(11)2-5(3-12-8)14-4-7(9)10/h2-3,7H,4,11H2,1H3. The SMILES string of the molecule is COc1ncc(OCC(F)F)cc1N. The molecule has 78 valence electrons. The molecule has 0 amide bonds. The lowest BCUT2D eigenvalue weighted by molar-refractivity contribution is 0.0817. The Kier molecular flexibility index (Phi) is 3.44. The van der Waals surface area contributed by atoms with Gasteiger partial charge >= 0.3 is 0 Å². The Hall–Kier alpha value is -1.59. The number of rotatable bonds is 4. The monoisotopic (exact) mass is 204 g/mol. The van der Waals surface area contributed by atoms with E-state index in [9.17, 15) is 8.78 Å². The molecule has 0 aromatic carbocycles. The molecule has 1 heterocycles. The fourth-order valence-electron chi connectivity index (χ4n) is 0.858. The van der Waals surface area contributed by atoms with Crippen LogP contribution in [-0.2, 0) is 0 Å². The first-order chi connectivity index (χ1) is 6.63. The smallest absolute Gasteiger partial charge is 0.272 e. The number of nitrogens with two attached hydrogens (primary N) is 1. The van der Waals surface area contributed by atoms with Gasteiger partial charge in [0, 0.05) is 6.07 Å². The highest BCUT2D eigenvalue weighted by Gasteiger charge is 2.06. The highest BCUT2D eigenvalue weighted by atomic mass is 19.3. The van der Waals surface area contributed by atoms with Crippen molar-refractivity contribution in [3.63, 3.8) is 0 Å². The number of anilines is 1. The van der Waals surface area contributed by atoms with Gasteiger partial charge in [0.05, 0.1) is 19.0 Å². The minimum absolute atomic E-state index is 0.198. The van der Waals surface area contributed by atoms with E-state index in [0.717, 1.165) is 0 Å². The van der Waals surface area contributed by atoms with Crippen molar-refractivity contribution in [1.29, 1.82) is 0 Å². The lowest BCUT2D eigenvalue weighted by atomic mass is 10.4. The molecule has 1 aromatic heterocycles. The van der Waals surface area contributed by atoms with E-state index in [1.807, 2.05) is 0 Å². The van der Waals surface area contributed by atoms with Crippen molar-refractivity contribution in [2.24, 2.45) is 0 Å². The quantitative estimate of drug-likeness (QED) is 0.803. The number of nitrogens with zero attached hydrogens (tertiary/aromatic N) is 1. The Bertz CT molecular complexity index is 307. The number of ether oxygens (including phenoxy) is 2. The number of hydrogen-bond acceptors (Lipinski definition) is 4. The van der Waals surface area contributed by atoms with Crippen molar-refractivity contribution in [2.75, 3.05) is 19.5 Å². The number of aromatic nitrogens is 1. The predicted octanol–water partition coefficient (Wildman–Crippen LogP) is 1.32. The zero-order valence-corrected chi connectivity index (χ0v) is 7.54. The van der Waals surface area contributed by atoms with Crippen LogP contribution in [-0.4, -0.2) is 25.1 Å². The molecule has 0 aliphatic heterocycles. The normalized spacial score (nSPS) is 10.3. The molecule has 0 aliphatic carbocycles. The van der Waals surface area contributed by atoms with Gasteiger partial charge < -0.3 is 15.2 Å². The molecular weight excluding hydrogens is 194 g/mol. The summed E-state index contributed by atoms with van der Waals surface area (Å²) in [6.07, 6.45) is -1.24. The summed E-state index contributed by atoms with van der Waals surface area (Å²) in [4.78, 5) is 3.76. The Morgan fingerprint density at radius 1 is 1.57 bits per heavy atom. The molecule has 0 saturated carbocycles. The summed E-state index contributed by atoms with van der Waals surface area (Å²) in [5.74, 6) is 0.443. The van der Waals surface area contributed by atoms with Gasteiger partial charge in [-0.2, -0.15) is 0 Å². The van der Waals surface area contributed by atoms with Crippen molar-refractivity contribution in [3.05, 3.63) is 12.3 Å². The molecule has 0 aliphatic rings. The number of pyridine rings is 1. The molecule has 14 heavy (non-hydrogen) atoms. The summed E-state index contributed by atoms with van der Waals surface area (Å²) in [6, 6.07) is 1.38. The van der Waals surface area contributed by atoms with Crippen LogP contribution in [0.5, 0.6) is 11.6 Å². The topological polar surface area (TPSA) is 57.4 Å². The second-order valence-electron chi connectivity index (χ2n) is 2.47. The minimum atomic E-state index is -2.52. The van der Waals surface area contributed by atoms with E-state index in [4.69, 9.17) is 15.2 Å². The van der Waals surface area contributed by atoms with Gasteiger partial charge in [0.25, 0.3) is 6.43 Å². The maximum atomic E-state index is 11.8. The van der Waals surface area contributed by atoms with E-state index in [2.05, 4.69) is 4.98 Å². The van der Waals surface area contributed by atoms with Crippen LogP contribution < -0.4 is 15.2 Å². The predicted molar refractivity (Wildman–Crippen MR) is 46.7 cm³/mol. The lowest BCUT2D eigenvalue weighted by Gasteiger charge is -2.07. The summed E-state index contributed by atoms with van der Waals surface area (Å²) < 4.78 is 33.0. The zero-order valence-electron chi connectivity index (χ0n) is 7.54. The molecule has 0 fully saturated rings. The minimum Gasteiger partial charge on any atom is -0.486 e. The van der Waals surface area contributed by atoms with Gasteiger partial charge in [0.2, 0.25) is 5.88 Å². The Morgan fingerprint density at radius 3 is 2.79 bits per heavy atom. The molecule has 6 heteroatoms. The molecule has 1 aromatic rings. The molecular formula is C8H10F2N2O2. The number of hydrogen-bond donors (Lipinski definition) is 1. The molecule has 0 atom stereocenters. The highest BCUT2D eigenvalue weighted by Crippen LogP contribution is 2.22. The molecule has 0 radical (unpaired) electrons. The van der Waals surface area contributed by atoms with E-state index in [0.29, 0.717) is 0 Å². The second kappa shape index (κ2) is 4.59. The van der Waals surface area contributed by atoms with Crippen molar-refractivity contribution in [1.82, 2.24) is 4.98 Å². The summed E-state index contributed by atoms with van der Waals surface area (Å²) in [5, 5.41) is 0. The van der Waals surface area contributed by atoms with Gasteiger partial charge in [-0.1, -0.05) is 0 Å². The highest BCUT2D eigenvalue weighted by molar-refractivity contribution is 5.51. The van der Waals surface area contributed by atoms with Crippen LogP contribution in [0.3, 0.4) is 0 Å². The van der Waals surface area contributed by atoms with E-state index < -0.39 is 13.0 Å². The van der Waals surface area contributed by atoms with Crippen LogP contribution in [0, 0.1) is 0 Å². The third-order valence-corrected chi connectivity index (χ3v) is 1.42. The number of methoxy groups -OCH3 is 1. The van der Waals surface area contributed by atoms with Gasteiger partial charge in [-0.25, -0.2) is 13.8 Å². The Balaban J connectivity index is 2.66. The molecule has 0 bridgehead atoms. The van der Waals surface area contributed by atoms with Crippen molar-refractivity contribution < 1.29 is 18.3 Å². The van der Waals surface area contributed by atoms with Crippen LogP contribution in [0.1, 0.15) is 0 Å². The fraction of sp³-hybridized carbons (Fsp3) is 0.375. The van der Waals surface area contributed by atoms with Crippen molar-refractivity contribution in [3.8, 4) is 11.6 Å². The fourth-order valence-corrected chi connectivity index (χ4v) is 0.858. The molecule has 0 unspecified atom stereocenters. The van der Waals surface area contributed by atoms with Crippen LogP contribution >= 0.6 is 0 Å². The number of nitrogen functional groups attached to an aromatic ring is 1. The average Bonchev–Trinajstić information content (AvgIpc) is 2.15. The Morgan fingerprint density at radius 2 is 2.29 bits per heavy atom. The maximum absolute atomic E-state index is 11.8. The average molecular weight is 204 g/mol. The molecule has 0 spiro atoms. The Labute approximate surface area is 79.6 Å². The van der Waals surface area contributed by atoms with Crippen LogP contribution in [0.15, 0.2) is 12.3 Å². The van der Waals surface area contributed by atoms with Gasteiger partial charge in [0.1, 0.15) is 12.4 Å². The van der Waals surface area contributed by atoms with Crippen molar-refractivity contribution >= 4 is 5.69 Å². The van der Waals surface area contributed by atoms with E-state index in [1.165, 1.54) is 19.4 Å². The third kappa shape index (κ3) is 2.72. The van der Waals surface area contributed by atoms with E-state index >= 15 is 0 Å². The van der Waals surface area contributed by atoms with Gasteiger partial charge in [-0.15, -0.1) is 0 Å². The number of alkyl halides is 2. The second-order valence-corrected chi connectivity index (χ2v) is 2.47. The van der Waals surface area contributed by atoms with Gasteiger partial charge in [-0.05, 0) is 0 Å². The first-order valence-electron chi connectivity index (χ1n) is 3.84. The van der Waals surface area contributed by atoms with Crippen LogP contribution in [0.25, 0.3) is 0 Å². The molecule has 2 N–H and O–H groups in total. The van der Waals surface area contributed by atoms with E-state index in [1.54, 1.807) is 0 Å².